The third-order valence-corrected chi connectivity index (χ3v) is 5.89. The average Bonchev–Trinajstić information content (AvgIpc) is 2.39. The summed E-state index contributed by atoms with van der Waals surface area (Å²) >= 11 is 0. The predicted octanol–water partition coefficient (Wildman–Crippen LogP) is 1.68. The molecule has 1 heterocycles. The van der Waals surface area contributed by atoms with E-state index in [1.165, 1.54) is 24.3 Å². The van der Waals surface area contributed by atoms with E-state index in [2.05, 4.69) is 10.4 Å². The van der Waals surface area contributed by atoms with Gasteiger partial charge in [0.25, 0.3) is 5.91 Å². The first-order valence-electron chi connectivity index (χ1n) is 8.19. The number of hydrogen-bond donors (Lipinski definition) is 1. The minimum atomic E-state index is -0.0451. The van der Waals surface area contributed by atoms with E-state index in [1.54, 1.807) is 7.05 Å². The summed E-state index contributed by atoms with van der Waals surface area (Å²) in [4.78, 5) is 24.0. The third kappa shape index (κ3) is 2.27. The van der Waals surface area contributed by atoms with Gasteiger partial charge in [-0.25, -0.2) is 5.01 Å². The second-order valence-corrected chi connectivity index (χ2v) is 7.62. The lowest BCUT2D eigenvalue weighted by molar-refractivity contribution is -0.130. The maximum atomic E-state index is 12.6. The lowest BCUT2D eigenvalue weighted by atomic mass is 9.53. The van der Waals surface area contributed by atoms with Crippen LogP contribution in [0.4, 0.5) is 0 Å². The number of hydrazone groups is 1. The van der Waals surface area contributed by atoms with Crippen LogP contribution < -0.4 is 5.32 Å². The fourth-order valence-corrected chi connectivity index (χ4v) is 5.41. The zero-order valence-electron chi connectivity index (χ0n) is 12.6. The minimum Gasteiger partial charge on any atom is -0.345 e. The van der Waals surface area contributed by atoms with E-state index in [0.29, 0.717) is 18.6 Å². The standard InChI is InChI=1S/C16H23N3O2/c1-19-14(20)3-2-13(18-19)15(21)17-16-7-10-4-11(8-16)6-12(5-10)9-16/h10-12H,2-9H2,1H3,(H,17,21). The largest absolute Gasteiger partial charge is 0.345 e. The van der Waals surface area contributed by atoms with Crippen LogP contribution in [0.2, 0.25) is 0 Å². The molecule has 114 valence electrons. The van der Waals surface area contributed by atoms with Crippen LogP contribution in [-0.2, 0) is 9.59 Å². The molecule has 4 fully saturated rings. The van der Waals surface area contributed by atoms with Crippen LogP contribution in [0.25, 0.3) is 0 Å². The van der Waals surface area contributed by atoms with Crippen LogP contribution in [0.1, 0.15) is 51.4 Å². The van der Waals surface area contributed by atoms with E-state index in [1.807, 2.05) is 0 Å². The highest BCUT2D eigenvalue weighted by molar-refractivity contribution is 6.39. The van der Waals surface area contributed by atoms with Crippen molar-refractivity contribution in [2.45, 2.75) is 56.9 Å². The van der Waals surface area contributed by atoms with E-state index in [9.17, 15) is 9.59 Å². The Morgan fingerprint density at radius 1 is 1.14 bits per heavy atom. The first-order valence-corrected chi connectivity index (χ1v) is 8.19. The number of hydrogen-bond acceptors (Lipinski definition) is 3. The molecule has 0 saturated heterocycles. The van der Waals surface area contributed by atoms with Crippen molar-refractivity contribution in [3.8, 4) is 0 Å². The molecule has 2 amide bonds. The van der Waals surface area contributed by atoms with Crippen molar-refractivity contribution in [1.29, 1.82) is 0 Å². The van der Waals surface area contributed by atoms with Crippen molar-refractivity contribution >= 4 is 17.5 Å². The lowest BCUT2D eigenvalue weighted by Gasteiger charge is -2.56. The Labute approximate surface area is 125 Å². The van der Waals surface area contributed by atoms with Gasteiger partial charge in [0.15, 0.2) is 0 Å². The van der Waals surface area contributed by atoms with Gasteiger partial charge in [0.1, 0.15) is 5.71 Å². The van der Waals surface area contributed by atoms with Gasteiger partial charge >= 0.3 is 0 Å². The quantitative estimate of drug-likeness (QED) is 0.840. The molecule has 0 unspecified atom stereocenters. The minimum absolute atomic E-state index is 0.0126. The summed E-state index contributed by atoms with van der Waals surface area (Å²) in [7, 11) is 1.62. The Morgan fingerprint density at radius 2 is 1.71 bits per heavy atom. The maximum Gasteiger partial charge on any atom is 0.267 e. The van der Waals surface area contributed by atoms with Gasteiger partial charge in [0.05, 0.1) is 0 Å². The normalized spacial score (nSPS) is 41.2. The van der Waals surface area contributed by atoms with E-state index in [0.717, 1.165) is 37.0 Å². The Bertz CT molecular complexity index is 490. The Morgan fingerprint density at radius 3 is 2.24 bits per heavy atom. The third-order valence-electron chi connectivity index (χ3n) is 5.89. The SMILES string of the molecule is CN1N=C(C(=O)NC23CC4CC(CC(C4)C2)C3)CCC1=O. The molecule has 1 N–H and O–H groups in total. The fraction of sp³-hybridized carbons (Fsp3) is 0.812. The van der Waals surface area contributed by atoms with Crippen LogP contribution in [0, 0.1) is 17.8 Å². The fourth-order valence-electron chi connectivity index (χ4n) is 5.41. The number of nitrogens with zero attached hydrogens (tertiary/aromatic N) is 2. The summed E-state index contributed by atoms with van der Waals surface area (Å²) in [5, 5.41) is 8.78. The van der Waals surface area contributed by atoms with Crippen LogP contribution in [0.5, 0.6) is 0 Å². The molecule has 0 atom stereocenters. The molecule has 0 aromatic heterocycles. The number of carbonyl (C=O) groups is 2. The molecule has 5 rings (SSSR count). The molecule has 0 aromatic rings. The van der Waals surface area contributed by atoms with E-state index >= 15 is 0 Å². The van der Waals surface area contributed by atoms with E-state index in [-0.39, 0.29) is 17.4 Å². The molecule has 0 aromatic carbocycles. The van der Waals surface area contributed by atoms with Crippen molar-refractivity contribution < 1.29 is 9.59 Å². The molecule has 5 nitrogen and oxygen atoms in total. The zero-order chi connectivity index (χ0) is 14.6. The summed E-state index contributed by atoms with van der Waals surface area (Å²) in [5.41, 5.74) is 0.543. The summed E-state index contributed by atoms with van der Waals surface area (Å²) in [6, 6.07) is 0. The second kappa shape index (κ2) is 4.55. The highest BCUT2D eigenvalue weighted by atomic mass is 16.2. The van der Waals surface area contributed by atoms with Gasteiger partial charge in [-0.2, -0.15) is 5.10 Å². The molecule has 0 spiro atoms. The van der Waals surface area contributed by atoms with Crippen LogP contribution >= 0.6 is 0 Å². The molecule has 4 saturated carbocycles. The summed E-state index contributed by atoms with van der Waals surface area (Å²) in [5.74, 6) is 2.38. The number of amides is 2. The molecule has 5 aliphatic rings. The first-order chi connectivity index (χ1) is 10.0. The molecule has 4 aliphatic carbocycles. The summed E-state index contributed by atoms with van der Waals surface area (Å²) < 4.78 is 0. The molecule has 1 aliphatic heterocycles. The van der Waals surface area contributed by atoms with Crippen molar-refractivity contribution in [2.75, 3.05) is 7.05 Å². The average molecular weight is 289 g/mol. The molecule has 0 radical (unpaired) electrons. The number of carbonyl (C=O) groups excluding carboxylic acids is 2. The monoisotopic (exact) mass is 289 g/mol. The zero-order valence-corrected chi connectivity index (χ0v) is 12.6. The smallest absolute Gasteiger partial charge is 0.267 e. The van der Waals surface area contributed by atoms with Crippen molar-refractivity contribution in [2.24, 2.45) is 22.9 Å². The van der Waals surface area contributed by atoms with Gasteiger partial charge < -0.3 is 5.32 Å². The molecular formula is C16H23N3O2. The molecular weight excluding hydrogens is 266 g/mol. The predicted molar refractivity (Wildman–Crippen MR) is 78.5 cm³/mol. The Balaban J connectivity index is 1.50. The first kappa shape index (κ1) is 13.3. The van der Waals surface area contributed by atoms with Crippen LogP contribution in [0.3, 0.4) is 0 Å². The van der Waals surface area contributed by atoms with Crippen LogP contribution in [0.15, 0.2) is 5.10 Å². The number of rotatable bonds is 2. The van der Waals surface area contributed by atoms with E-state index < -0.39 is 0 Å². The highest BCUT2D eigenvalue weighted by Gasteiger charge is 2.51. The topological polar surface area (TPSA) is 61.8 Å². The summed E-state index contributed by atoms with van der Waals surface area (Å²) in [6.07, 6.45) is 8.41. The van der Waals surface area contributed by atoms with Crippen molar-refractivity contribution in [1.82, 2.24) is 10.3 Å². The van der Waals surface area contributed by atoms with Gasteiger partial charge in [-0.3, -0.25) is 9.59 Å². The molecule has 5 heteroatoms. The van der Waals surface area contributed by atoms with Gasteiger partial charge in [-0.05, 0) is 56.3 Å². The Kier molecular flexibility index (Phi) is 2.88. The Hall–Kier alpha value is -1.39. The molecule has 21 heavy (non-hydrogen) atoms. The lowest BCUT2D eigenvalue weighted by Crippen LogP contribution is -2.61. The van der Waals surface area contributed by atoms with Crippen molar-refractivity contribution in [3.05, 3.63) is 0 Å². The van der Waals surface area contributed by atoms with Gasteiger partial charge in [0, 0.05) is 25.4 Å². The van der Waals surface area contributed by atoms with E-state index in [4.69, 9.17) is 0 Å². The van der Waals surface area contributed by atoms with Gasteiger partial charge in [-0.1, -0.05) is 0 Å². The van der Waals surface area contributed by atoms with Gasteiger partial charge in [-0.15, -0.1) is 0 Å². The number of nitrogens with one attached hydrogen (secondary N) is 1. The molecule has 4 bridgehead atoms. The maximum absolute atomic E-state index is 12.6. The van der Waals surface area contributed by atoms with Crippen molar-refractivity contribution in [3.63, 3.8) is 0 Å². The second-order valence-electron chi connectivity index (χ2n) is 7.62. The van der Waals surface area contributed by atoms with Crippen LogP contribution in [-0.4, -0.2) is 35.1 Å². The summed E-state index contributed by atoms with van der Waals surface area (Å²) in [6.45, 7) is 0. The highest BCUT2D eigenvalue weighted by Crippen LogP contribution is 2.55. The van der Waals surface area contributed by atoms with Gasteiger partial charge in [0.2, 0.25) is 5.91 Å².